The topological polar surface area (TPSA) is 77.2 Å². The molecule has 1 aliphatic carbocycles. The molecule has 1 atom stereocenters. The zero-order valence-electron chi connectivity index (χ0n) is 16.7. The number of hydrogen-bond donors (Lipinski definition) is 1. The Balaban J connectivity index is 1.58. The number of rotatable bonds is 4. The summed E-state index contributed by atoms with van der Waals surface area (Å²) < 4.78 is 12.1. The molecule has 0 spiro atoms. The molecule has 2 heterocycles. The first kappa shape index (κ1) is 18.9. The highest BCUT2D eigenvalue weighted by atomic mass is 32.1. The number of benzene rings is 1. The molecule has 6 nitrogen and oxygen atoms in total. The summed E-state index contributed by atoms with van der Waals surface area (Å²) in [6.07, 6.45) is 2.71. The van der Waals surface area contributed by atoms with E-state index in [2.05, 4.69) is 36.2 Å². The van der Waals surface area contributed by atoms with Gasteiger partial charge in [0.1, 0.15) is 17.0 Å². The summed E-state index contributed by atoms with van der Waals surface area (Å²) in [5, 5.41) is 7.51. The summed E-state index contributed by atoms with van der Waals surface area (Å²) in [4.78, 5) is 17.4. The molecule has 0 radical (unpaired) electrons. The normalized spacial score (nSPS) is 16.8. The fourth-order valence-electron chi connectivity index (χ4n) is 3.73. The number of carbonyl (C=O) groups is 1. The van der Waals surface area contributed by atoms with E-state index >= 15 is 0 Å². The molecule has 0 fully saturated rings. The Morgan fingerprint density at radius 1 is 1.39 bits per heavy atom. The van der Waals surface area contributed by atoms with Crippen molar-refractivity contribution in [1.82, 2.24) is 10.1 Å². The molecule has 0 saturated carbocycles. The minimum absolute atomic E-state index is 0.186. The maximum Gasteiger partial charge on any atom is 0.279 e. The molecule has 1 aromatic carbocycles. The molecule has 2 aromatic heterocycles. The van der Waals surface area contributed by atoms with E-state index in [9.17, 15) is 4.79 Å². The van der Waals surface area contributed by atoms with Crippen molar-refractivity contribution >= 4 is 32.6 Å². The van der Waals surface area contributed by atoms with Crippen molar-refractivity contribution in [1.29, 1.82) is 0 Å². The molecule has 7 heteroatoms. The van der Waals surface area contributed by atoms with Crippen molar-refractivity contribution in [3.8, 4) is 5.75 Å². The van der Waals surface area contributed by atoms with Gasteiger partial charge in [-0.25, -0.2) is 4.98 Å². The lowest BCUT2D eigenvalue weighted by Crippen LogP contribution is -2.27. The minimum atomic E-state index is -0.267. The Hall–Kier alpha value is -2.41. The molecule has 1 N–H and O–H groups in total. The number of nitrogens with one attached hydrogen (secondary N) is 1. The molecule has 3 aromatic rings. The number of aromatic nitrogens is 2. The van der Waals surface area contributed by atoms with Gasteiger partial charge in [-0.3, -0.25) is 10.1 Å². The first-order valence-electron chi connectivity index (χ1n) is 9.68. The average molecular weight is 400 g/mol. The zero-order chi connectivity index (χ0) is 19.9. The van der Waals surface area contributed by atoms with E-state index in [1.54, 1.807) is 0 Å². The number of nitrogens with zero attached hydrogens (tertiary/aromatic N) is 2. The number of thiazole rings is 1. The second-order valence-electron chi connectivity index (χ2n) is 8.25. The highest BCUT2D eigenvalue weighted by Crippen LogP contribution is 2.39. The number of fused-ring (bicyclic) bond motifs is 2. The highest BCUT2D eigenvalue weighted by molar-refractivity contribution is 7.22. The largest absolute Gasteiger partial charge is 0.492 e. The first-order chi connectivity index (χ1) is 13.4. The van der Waals surface area contributed by atoms with Crippen LogP contribution in [0.5, 0.6) is 5.75 Å². The number of carbonyl (C=O) groups excluding carboxylic acids is 1. The molecular formula is C21H25N3O3S. The van der Waals surface area contributed by atoms with Crippen LogP contribution in [0.1, 0.15) is 55.9 Å². The number of aryl methyl sites for hydroxylation is 1. The molecular weight excluding hydrogens is 374 g/mol. The summed E-state index contributed by atoms with van der Waals surface area (Å²) in [6.45, 7) is 9.23. The van der Waals surface area contributed by atoms with Crippen LogP contribution in [0.4, 0.5) is 5.13 Å². The number of ether oxygens (including phenoxy) is 1. The van der Waals surface area contributed by atoms with Crippen molar-refractivity contribution in [2.75, 3.05) is 11.9 Å². The number of hydrogen-bond acceptors (Lipinski definition) is 6. The second kappa shape index (κ2) is 7.20. The molecule has 148 valence electrons. The third-order valence-electron chi connectivity index (χ3n) is 5.38. The van der Waals surface area contributed by atoms with E-state index in [0.717, 1.165) is 46.6 Å². The molecule has 1 aliphatic rings. The third kappa shape index (κ3) is 3.51. The predicted molar refractivity (Wildman–Crippen MR) is 110 cm³/mol. The predicted octanol–water partition coefficient (Wildman–Crippen LogP) is 5.09. The maximum absolute atomic E-state index is 12.9. The van der Waals surface area contributed by atoms with Gasteiger partial charge in [-0.15, -0.1) is 0 Å². The lowest BCUT2D eigenvalue weighted by atomic mass is 9.71. The van der Waals surface area contributed by atoms with Gasteiger partial charge < -0.3 is 9.26 Å². The van der Waals surface area contributed by atoms with Gasteiger partial charge in [0.05, 0.1) is 11.3 Å². The minimum Gasteiger partial charge on any atom is -0.492 e. The fourth-order valence-corrected chi connectivity index (χ4v) is 4.61. The second-order valence-corrected chi connectivity index (χ2v) is 9.28. The van der Waals surface area contributed by atoms with Gasteiger partial charge in [-0.05, 0) is 43.2 Å². The van der Waals surface area contributed by atoms with Crippen LogP contribution < -0.4 is 10.1 Å². The standard InChI is InChI=1S/C21H25N3O3S/c1-5-26-15-7-6-8-16-18(15)22-20(28-16)23-19(25)17-13-11-12(21(2,3)4)9-10-14(13)27-24-17/h6-8,12H,5,9-11H2,1-4H3,(H,22,23,25)/t12-/m0/s1. The van der Waals surface area contributed by atoms with Crippen LogP contribution in [-0.2, 0) is 12.8 Å². The molecule has 0 aliphatic heterocycles. The smallest absolute Gasteiger partial charge is 0.279 e. The van der Waals surface area contributed by atoms with Gasteiger partial charge in [0, 0.05) is 12.0 Å². The number of para-hydroxylation sites is 1. The summed E-state index contributed by atoms with van der Waals surface area (Å²) in [5.74, 6) is 1.80. The summed E-state index contributed by atoms with van der Waals surface area (Å²) >= 11 is 1.42. The highest BCUT2D eigenvalue weighted by Gasteiger charge is 2.34. The van der Waals surface area contributed by atoms with E-state index in [4.69, 9.17) is 9.26 Å². The van der Waals surface area contributed by atoms with Crippen LogP contribution in [0, 0.1) is 11.3 Å². The van der Waals surface area contributed by atoms with E-state index in [1.165, 1.54) is 11.3 Å². The SMILES string of the molecule is CCOc1cccc2sc(NC(=O)c3noc4c3C[C@@H](C(C)(C)C)CC4)nc12. The van der Waals surface area contributed by atoms with E-state index < -0.39 is 0 Å². The van der Waals surface area contributed by atoms with Gasteiger partial charge in [0.25, 0.3) is 5.91 Å². The quantitative estimate of drug-likeness (QED) is 0.661. The van der Waals surface area contributed by atoms with Crippen LogP contribution in [0.2, 0.25) is 0 Å². The van der Waals surface area contributed by atoms with E-state index in [-0.39, 0.29) is 11.3 Å². The first-order valence-corrected chi connectivity index (χ1v) is 10.5. The molecule has 0 bridgehead atoms. The van der Waals surface area contributed by atoms with Crippen LogP contribution in [0.3, 0.4) is 0 Å². The van der Waals surface area contributed by atoms with Crippen molar-refractivity contribution in [2.24, 2.45) is 11.3 Å². The summed E-state index contributed by atoms with van der Waals surface area (Å²) in [6, 6.07) is 5.78. The lowest BCUT2D eigenvalue weighted by Gasteiger charge is -2.33. The van der Waals surface area contributed by atoms with Crippen LogP contribution in [0.25, 0.3) is 10.2 Å². The third-order valence-corrected chi connectivity index (χ3v) is 6.32. The van der Waals surface area contributed by atoms with Crippen molar-refractivity contribution in [2.45, 2.75) is 47.0 Å². The monoisotopic (exact) mass is 399 g/mol. The van der Waals surface area contributed by atoms with Gasteiger partial charge in [-0.1, -0.05) is 43.3 Å². The average Bonchev–Trinajstić information content (AvgIpc) is 3.24. The number of anilines is 1. The van der Waals surface area contributed by atoms with E-state index in [1.807, 2.05) is 25.1 Å². The molecule has 28 heavy (non-hydrogen) atoms. The molecule has 1 amide bonds. The zero-order valence-corrected chi connectivity index (χ0v) is 17.5. The molecule has 0 saturated heterocycles. The van der Waals surface area contributed by atoms with Gasteiger partial charge in [-0.2, -0.15) is 0 Å². The van der Waals surface area contributed by atoms with Gasteiger partial charge >= 0.3 is 0 Å². The summed E-state index contributed by atoms with van der Waals surface area (Å²) in [7, 11) is 0. The molecule has 4 rings (SSSR count). The Kier molecular flexibility index (Phi) is 4.87. The maximum atomic E-state index is 12.9. The van der Waals surface area contributed by atoms with Crippen LogP contribution >= 0.6 is 11.3 Å². The lowest BCUT2D eigenvalue weighted by molar-refractivity contribution is 0.101. The summed E-state index contributed by atoms with van der Waals surface area (Å²) in [5.41, 5.74) is 2.28. The van der Waals surface area contributed by atoms with Gasteiger partial charge in [0.2, 0.25) is 0 Å². The Morgan fingerprint density at radius 3 is 2.96 bits per heavy atom. The number of amides is 1. The van der Waals surface area contributed by atoms with Crippen LogP contribution in [-0.4, -0.2) is 22.7 Å². The van der Waals surface area contributed by atoms with Crippen LogP contribution in [0.15, 0.2) is 22.7 Å². The van der Waals surface area contributed by atoms with E-state index in [0.29, 0.717) is 23.4 Å². The van der Waals surface area contributed by atoms with Crippen molar-refractivity contribution in [3.05, 3.63) is 35.2 Å². The molecule has 0 unspecified atom stereocenters. The van der Waals surface area contributed by atoms with Crippen molar-refractivity contribution in [3.63, 3.8) is 0 Å². The van der Waals surface area contributed by atoms with Crippen molar-refractivity contribution < 1.29 is 14.1 Å². The Bertz CT molecular complexity index is 1020. The Labute approximate surface area is 168 Å². The fraction of sp³-hybridized carbons (Fsp3) is 0.476. The Morgan fingerprint density at radius 2 is 2.21 bits per heavy atom. The van der Waals surface area contributed by atoms with Gasteiger partial charge in [0.15, 0.2) is 10.8 Å².